The van der Waals surface area contributed by atoms with Gasteiger partial charge >= 0.3 is 0 Å². The Bertz CT molecular complexity index is 800. The Hall–Kier alpha value is -1.44. The monoisotopic (exact) mass is 421 g/mol. The molecular formula is C22H35N3O3S. The Balaban J connectivity index is 1.56. The molecule has 162 valence electrons. The summed E-state index contributed by atoms with van der Waals surface area (Å²) in [6.45, 7) is 8.46. The van der Waals surface area contributed by atoms with Crippen molar-refractivity contribution in [1.82, 2.24) is 9.62 Å². The molecule has 0 atom stereocenters. The molecule has 1 aliphatic carbocycles. The van der Waals surface area contributed by atoms with Gasteiger partial charge < -0.3 is 9.80 Å². The van der Waals surface area contributed by atoms with Crippen molar-refractivity contribution < 1.29 is 13.2 Å². The molecular weight excluding hydrogens is 386 g/mol. The van der Waals surface area contributed by atoms with E-state index in [1.807, 2.05) is 4.90 Å². The number of benzene rings is 1. The molecule has 1 aromatic carbocycles. The lowest BCUT2D eigenvalue weighted by molar-refractivity contribution is -0.124. The summed E-state index contributed by atoms with van der Waals surface area (Å²) in [6.07, 6.45) is 6.84. The molecule has 1 fully saturated rings. The van der Waals surface area contributed by atoms with Crippen molar-refractivity contribution in [2.45, 2.75) is 63.7 Å². The van der Waals surface area contributed by atoms with Gasteiger partial charge in [-0.3, -0.25) is 4.79 Å². The average Bonchev–Trinajstić information content (AvgIpc) is 3.07. The minimum atomic E-state index is -3.52. The predicted molar refractivity (Wildman–Crippen MR) is 117 cm³/mol. The van der Waals surface area contributed by atoms with Crippen molar-refractivity contribution in [3.63, 3.8) is 0 Å². The standard InChI is InChI=1S/C22H35N3O3S/c1-3-13-24(14-4-2)15-6-12-23-29(27,28)20-9-10-21-19(17-20)11-16-25(21)22(26)18-7-5-8-18/h9-10,17-18,23H,3-8,11-16H2,1-2H3. The van der Waals surface area contributed by atoms with Gasteiger partial charge in [0.05, 0.1) is 4.90 Å². The first-order chi connectivity index (χ1) is 14.0. The van der Waals surface area contributed by atoms with Crippen LogP contribution in [0.2, 0.25) is 0 Å². The molecule has 29 heavy (non-hydrogen) atoms. The third-order valence-corrected chi connectivity index (χ3v) is 7.46. The van der Waals surface area contributed by atoms with Gasteiger partial charge in [-0.05, 0) is 81.9 Å². The summed E-state index contributed by atoms with van der Waals surface area (Å²) in [5.74, 6) is 0.360. The van der Waals surface area contributed by atoms with Crippen LogP contribution in [0.1, 0.15) is 57.9 Å². The summed E-state index contributed by atoms with van der Waals surface area (Å²) in [4.78, 5) is 17.1. The van der Waals surface area contributed by atoms with Crippen molar-refractivity contribution in [3.05, 3.63) is 23.8 Å². The Labute approximate surface area is 175 Å². The molecule has 1 aromatic rings. The van der Waals surface area contributed by atoms with Crippen LogP contribution in [0.25, 0.3) is 0 Å². The lowest BCUT2D eigenvalue weighted by atomic mass is 9.84. The van der Waals surface area contributed by atoms with Gasteiger partial charge in [0.2, 0.25) is 15.9 Å². The zero-order chi connectivity index (χ0) is 20.9. The first-order valence-electron chi connectivity index (χ1n) is 11.1. The van der Waals surface area contributed by atoms with Crippen LogP contribution in [-0.4, -0.2) is 51.9 Å². The number of nitrogens with one attached hydrogen (secondary N) is 1. The number of amides is 1. The molecule has 3 rings (SSSR count). The quantitative estimate of drug-likeness (QED) is 0.557. The zero-order valence-corrected chi connectivity index (χ0v) is 18.6. The number of hydrogen-bond donors (Lipinski definition) is 1. The molecule has 0 aromatic heterocycles. The lowest BCUT2D eigenvalue weighted by Crippen LogP contribution is -2.37. The van der Waals surface area contributed by atoms with E-state index in [0.717, 1.165) is 75.8 Å². The maximum atomic E-state index is 12.7. The molecule has 7 heteroatoms. The maximum absolute atomic E-state index is 12.7. The highest BCUT2D eigenvalue weighted by atomic mass is 32.2. The third-order valence-electron chi connectivity index (χ3n) is 6.00. The molecule has 1 amide bonds. The van der Waals surface area contributed by atoms with Crippen LogP contribution in [0.4, 0.5) is 5.69 Å². The number of carbonyl (C=O) groups excluding carboxylic acids is 1. The fourth-order valence-electron chi connectivity index (χ4n) is 4.21. The Morgan fingerprint density at radius 1 is 1.17 bits per heavy atom. The minimum absolute atomic E-state index is 0.158. The summed E-state index contributed by atoms with van der Waals surface area (Å²) >= 11 is 0. The van der Waals surface area contributed by atoms with E-state index in [0.29, 0.717) is 18.0 Å². The zero-order valence-electron chi connectivity index (χ0n) is 17.8. The number of hydrogen-bond acceptors (Lipinski definition) is 4. The molecule has 1 N–H and O–H groups in total. The van der Waals surface area contributed by atoms with Crippen LogP contribution in [0.3, 0.4) is 0 Å². The van der Waals surface area contributed by atoms with E-state index >= 15 is 0 Å². The van der Waals surface area contributed by atoms with E-state index in [-0.39, 0.29) is 11.8 Å². The van der Waals surface area contributed by atoms with Crippen LogP contribution >= 0.6 is 0 Å². The van der Waals surface area contributed by atoms with Gasteiger partial charge in [0.1, 0.15) is 0 Å². The minimum Gasteiger partial charge on any atom is -0.312 e. The van der Waals surface area contributed by atoms with Gasteiger partial charge in [-0.15, -0.1) is 0 Å². The van der Waals surface area contributed by atoms with Gasteiger partial charge in [-0.2, -0.15) is 0 Å². The van der Waals surface area contributed by atoms with Crippen molar-refractivity contribution in [2.75, 3.05) is 37.6 Å². The number of rotatable bonds is 11. The predicted octanol–water partition coefficient (Wildman–Crippen LogP) is 3.17. The van der Waals surface area contributed by atoms with Crippen LogP contribution < -0.4 is 9.62 Å². The lowest BCUT2D eigenvalue weighted by Gasteiger charge is -2.29. The molecule has 0 bridgehead atoms. The SMILES string of the molecule is CCCN(CCC)CCCNS(=O)(=O)c1ccc2c(c1)CCN2C(=O)C1CCC1. The summed E-state index contributed by atoms with van der Waals surface area (Å²) in [5.41, 5.74) is 1.84. The highest BCUT2D eigenvalue weighted by Crippen LogP contribution is 2.35. The van der Waals surface area contributed by atoms with Gasteiger partial charge in [-0.25, -0.2) is 13.1 Å². The second-order valence-corrected chi connectivity index (χ2v) is 10.0. The van der Waals surface area contributed by atoms with Crippen LogP contribution in [0.15, 0.2) is 23.1 Å². The molecule has 2 aliphatic rings. The maximum Gasteiger partial charge on any atom is 0.240 e. The topological polar surface area (TPSA) is 69.7 Å². The molecule has 0 spiro atoms. The van der Waals surface area contributed by atoms with E-state index in [2.05, 4.69) is 23.5 Å². The number of sulfonamides is 1. The van der Waals surface area contributed by atoms with E-state index in [4.69, 9.17) is 0 Å². The van der Waals surface area contributed by atoms with Crippen molar-refractivity contribution in [2.24, 2.45) is 5.92 Å². The van der Waals surface area contributed by atoms with Crippen molar-refractivity contribution in [3.8, 4) is 0 Å². The van der Waals surface area contributed by atoms with Crippen LogP contribution in [0, 0.1) is 5.92 Å². The first kappa shape index (κ1) is 22.2. The number of nitrogens with zero attached hydrogens (tertiary/aromatic N) is 2. The fourth-order valence-corrected chi connectivity index (χ4v) is 5.33. The number of anilines is 1. The fraction of sp³-hybridized carbons (Fsp3) is 0.682. The Morgan fingerprint density at radius 2 is 1.90 bits per heavy atom. The highest BCUT2D eigenvalue weighted by molar-refractivity contribution is 7.89. The number of fused-ring (bicyclic) bond motifs is 1. The summed E-state index contributed by atoms with van der Waals surface area (Å²) in [7, 11) is -3.52. The summed E-state index contributed by atoms with van der Waals surface area (Å²) in [5, 5.41) is 0. The molecule has 0 radical (unpaired) electrons. The molecule has 6 nitrogen and oxygen atoms in total. The van der Waals surface area contributed by atoms with E-state index in [9.17, 15) is 13.2 Å². The Kier molecular flexibility index (Phi) is 7.71. The summed E-state index contributed by atoms with van der Waals surface area (Å²) in [6, 6.07) is 5.18. The van der Waals surface area contributed by atoms with Gasteiger partial charge in [0.15, 0.2) is 0 Å². The normalized spacial score (nSPS) is 16.9. The highest BCUT2D eigenvalue weighted by Gasteiger charge is 2.33. The summed E-state index contributed by atoms with van der Waals surface area (Å²) < 4.78 is 28.1. The first-order valence-corrected chi connectivity index (χ1v) is 12.6. The largest absolute Gasteiger partial charge is 0.312 e. The number of carbonyl (C=O) groups is 1. The van der Waals surface area contributed by atoms with E-state index < -0.39 is 10.0 Å². The Morgan fingerprint density at radius 3 is 2.52 bits per heavy atom. The van der Waals surface area contributed by atoms with Gasteiger partial charge in [0.25, 0.3) is 0 Å². The van der Waals surface area contributed by atoms with E-state index in [1.54, 1.807) is 18.2 Å². The smallest absolute Gasteiger partial charge is 0.240 e. The molecule has 1 saturated carbocycles. The third kappa shape index (κ3) is 5.38. The van der Waals surface area contributed by atoms with Crippen LogP contribution in [0.5, 0.6) is 0 Å². The average molecular weight is 422 g/mol. The second-order valence-electron chi connectivity index (χ2n) is 8.25. The van der Waals surface area contributed by atoms with Gasteiger partial charge in [-0.1, -0.05) is 20.3 Å². The second kappa shape index (κ2) is 10.0. The molecule has 1 heterocycles. The molecule has 0 saturated heterocycles. The molecule has 0 unspecified atom stereocenters. The van der Waals surface area contributed by atoms with Gasteiger partial charge in [0, 0.05) is 24.7 Å². The van der Waals surface area contributed by atoms with Crippen LogP contribution in [-0.2, 0) is 21.2 Å². The molecule has 1 aliphatic heterocycles. The van der Waals surface area contributed by atoms with Crippen molar-refractivity contribution in [1.29, 1.82) is 0 Å². The van der Waals surface area contributed by atoms with E-state index in [1.165, 1.54) is 0 Å². The van der Waals surface area contributed by atoms with Crippen molar-refractivity contribution >= 4 is 21.6 Å².